The standard InChI is InChI=1S/C16H32O4Si.C13H26O4Si/c1-4-17-21(18-5-2,19-6-3)12-8-7-9-14-10-11-15-16(13-14)20-15;1-14-18(15-2,16-3)9-5-4-6-11-7-8-12-13(10-11)17-12/h14-16H,4-13H2,1-3H3;11-13H,4-10H2,1-3H3. The third-order valence-corrected chi connectivity index (χ3v) is 14.9. The number of fused-ring (bicyclic) bond motifs is 2. The molecule has 2 aliphatic carbocycles. The Labute approximate surface area is 240 Å². The number of rotatable bonds is 19. The predicted octanol–water partition coefficient (Wildman–Crippen LogP) is 6.37. The van der Waals surface area contributed by atoms with Crippen molar-refractivity contribution in [3.63, 3.8) is 0 Å². The monoisotopic (exact) mass is 590 g/mol. The van der Waals surface area contributed by atoms with Crippen molar-refractivity contribution >= 4 is 17.6 Å². The highest BCUT2D eigenvalue weighted by Crippen LogP contribution is 2.42. The molecule has 39 heavy (non-hydrogen) atoms. The molecule has 2 aliphatic heterocycles. The normalized spacial score (nSPS) is 29.7. The minimum absolute atomic E-state index is 0.604. The molecular formula is C29H58O8Si2. The summed E-state index contributed by atoms with van der Waals surface area (Å²) < 4.78 is 45.2. The fraction of sp³-hybridized carbons (Fsp3) is 1.00. The third kappa shape index (κ3) is 11.0. The summed E-state index contributed by atoms with van der Waals surface area (Å²) in [6.45, 7) is 8.09. The molecule has 4 rings (SSSR count). The Bertz CT molecular complexity index is 642. The van der Waals surface area contributed by atoms with Crippen LogP contribution in [0, 0.1) is 11.8 Å². The van der Waals surface area contributed by atoms with Crippen molar-refractivity contribution in [2.24, 2.45) is 11.8 Å². The summed E-state index contributed by atoms with van der Waals surface area (Å²) >= 11 is 0. The molecule has 0 N–H and O–H groups in total. The van der Waals surface area contributed by atoms with E-state index >= 15 is 0 Å². The van der Waals surface area contributed by atoms with Crippen LogP contribution in [0.1, 0.15) is 97.8 Å². The molecule has 8 nitrogen and oxygen atoms in total. The molecule has 230 valence electrons. The van der Waals surface area contributed by atoms with E-state index in [-0.39, 0.29) is 0 Å². The summed E-state index contributed by atoms with van der Waals surface area (Å²) in [7, 11) is 0.310. The third-order valence-electron chi connectivity index (χ3n) is 8.94. The van der Waals surface area contributed by atoms with Gasteiger partial charge in [0.2, 0.25) is 0 Å². The average Bonchev–Trinajstić information content (AvgIpc) is 3.87. The Hall–Kier alpha value is 0.114. The summed E-state index contributed by atoms with van der Waals surface area (Å²) in [6.07, 6.45) is 17.7. The Kier molecular flexibility index (Phi) is 14.9. The highest BCUT2D eigenvalue weighted by molar-refractivity contribution is 6.61. The second kappa shape index (κ2) is 17.3. The number of epoxide rings is 2. The second-order valence-electron chi connectivity index (χ2n) is 11.6. The van der Waals surface area contributed by atoms with E-state index < -0.39 is 17.6 Å². The molecular weight excluding hydrogens is 532 g/mol. The predicted molar refractivity (Wildman–Crippen MR) is 157 cm³/mol. The smallest absolute Gasteiger partial charge is 0.377 e. The van der Waals surface area contributed by atoms with Crippen molar-refractivity contribution in [3.05, 3.63) is 0 Å². The van der Waals surface area contributed by atoms with Crippen LogP contribution >= 0.6 is 0 Å². The lowest BCUT2D eigenvalue weighted by Gasteiger charge is -2.28. The summed E-state index contributed by atoms with van der Waals surface area (Å²) in [5, 5.41) is 0. The summed E-state index contributed by atoms with van der Waals surface area (Å²) in [6, 6.07) is 1.88. The van der Waals surface area contributed by atoms with Gasteiger partial charge in [-0.15, -0.1) is 0 Å². The van der Waals surface area contributed by atoms with E-state index in [9.17, 15) is 0 Å². The number of hydrogen-bond acceptors (Lipinski definition) is 8. The van der Waals surface area contributed by atoms with Gasteiger partial charge < -0.3 is 36.0 Å². The zero-order valence-electron chi connectivity index (χ0n) is 25.8. The van der Waals surface area contributed by atoms with Crippen molar-refractivity contribution in [1.29, 1.82) is 0 Å². The first kappa shape index (κ1) is 33.6. The lowest BCUT2D eigenvalue weighted by atomic mass is 9.86. The first-order valence-corrected chi connectivity index (χ1v) is 19.7. The number of ether oxygens (including phenoxy) is 2. The molecule has 10 heteroatoms. The number of hydrogen-bond donors (Lipinski definition) is 0. The van der Waals surface area contributed by atoms with Crippen molar-refractivity contribution in [3.8, 4) is 0 Å². The van der Waals surface area contributed by atoms with E-state index in [2.05, 4.69) is 0 Å². The van der Waals surface area contributed by atoms with Gasteiger partial charge in [0.15, 0.2) is 0 Å². The maximum Gasteiger partial charge on any atom is 0.500 e. The molecule has 2 heterocycles. The molecule has 4 aliphatic rings. The minimum atomic E-state index is -2.41. The van der Waals surface area contributed by atoms with Crippen LogP contribution in [0.15, 0.2) is 0 Å². The summed E-state index contributed by atoms with van der Waals surface area (Å²) in [5.74, 6) is 1.74. The molecule has 6 unspecified atom stereocenters. The summed E-state index contributed by atoms with van der Waals surface area (Å²) in [5.41, 5.74) is 0. The summed E-state index contributed by atoms with van der Waals surface area (Å²) in [4.78, 5) is 0. The Balaban J connectivity index is 0.000000218. The largest absolute Gasteiger partial charge is 0.500 e. The van der Waals surface area contributed by atoms with Crippen LogP contribution in [0.5, 0.6) is 0 Å². The molecule has 2 saturated heterocycles. The van der Waals surface area contributed by atoms with E-state index in [4.69, 9.17) is 36.0 Å². The molecule has 0 aromatic heterocycles. The van der Waals surface area contributed by atoms with E-state index in [0.29, 0.717) is 44.2 Å². The molecule has 0 amide bonds. The highest BCUT2D eigenvalue weighted by atomic mass is 28.4. The molecule has 0 radical (unpaired) electrons. The van der Waals surface area contributed by atoms with Crippen LogP contribution in [0.25, 0.3) is 0 Å². The molecule has 2 saturated carbocycles. The van der Waals surface area contributed by atoms with Crippen LogP contribution in [-0.4, -0.2) is 83.2 Å². The van der Waals surface area contributed by atoms with Crippen LogP contribution in [-0.2, 0) is 36.0 Å². The van der Waals surface area contributed by atoms with Gasteiger partial charge in [-0.2, -0.15) is 0 Å². The maximum absolute atomic E-state index is 5.90. The molecule has 0 bridgehead atoms. The van der Waals surface area contributed by atoms with E-state index in [1.165, 1.54) is 64.2 Å². The number of unbranched alkanes of at least 4 members (excludes halogenated alkanes) is 2. The van der Waals surface area contributed by atoms with E-state index in [1.54, 1.807) is 21.3 Å². The lowest BCUT2D eigenvalue weighted by molar-refractivity contribution is 0.0705. The van der Waals surface area contributed by atoms with E-state index in [1.807, 2.05) is 20.8 Å². The van der Waals surface area contributed by atoms with Crippen molar-refractivity contribution in [2.45, 2.75) is 134 Å². The molecule has 0 aromatic carbocycles. The molecule has 0 spiro atoms. The fourth-order valence-electron chi connectivity index (χ4n) is 6.60. The maximum atomic E-state index is 5.90. The van der Waals surface area contributed by atoms with Gasteiger partial charge in [0.1, 0.15) is 0 Å². The first-order chi connectivity index (χ1) is 19.0. The Morgan fingerprint density at radius 2 is 0.949 bits per heavy atom. The van der Waals surface area contributed by atoms with Crippen LogP contribution < -0.4 is 0 Å². The van der Waals surface area contributed by atoms with Crippen LogP contribution in [0.4, 0.5) is 0 Å². The van der Waals surface area contributed by atoms with Gasteiger partial charge in [0.25, 0.3) is 0 Å². The lowest BCUT2D eigenvalue weighted by Crippen LogP contribution is -2.45. The van der Waals surface area contributed by atoms with Crippen molar-refractivity contribution < 1.29 is 36.0 Å². The van der Waals surface area contributed by atoms with Gasteiger partial charge in [-0.1, -0.05) is 25.7 Å². The van der Waals surface area contributed by atoms with Gasteiger partial charge in [-0.25, -0.2) is 0 Å². The van der Waals surface area contributed by atoms with Gasteiger partial charge in [-0.05, 0) is 84.0 Å². The molecule has 6 atom stereocenters. The first-order valence-electron chi connectivity index (χ1n) is 15.8. The zero-order valence-corrected chi connectivity index (χ0v) is 27.8. The highest BCUT2D eigenvalue weighted by Gasteiger charge is 2.45. The second-order valence-corrected chi connectivity index (χ2v) is 17.4. The van der Waals surface area contributed by atoms with E-state index in [0.717, 1.165) is 36.8 Å². The van der Waals surface area contributed by atoms with Crippen LogP contribution in [0.2, 0.25) is 12.1 Å². The van der Waals surface area contributed by atoms with Crippen LogP contribution in [0.3, 0.4) is 0 Å². The zero-order chi connectivity index (χ0) is 28.1. The molecule has 0 aromatic rings. The SMILES string of the molecule is CCO[Si](CCCCC1CCC2OC2C1)(OCC)OCC.CO[Si](CCCCC1CCC2OC2C1)(OC)OC. The van der Waals surface area contributed by atoms with Crippen molar-refractivity contribution in [2.75, 3.05) is 41.2 Å². The molecule has 4 fully saturated rings. The quantitative estimate of drug-likeness (QED) is 0.0975. The van der Waals surface area contributed by atoms with Gasteiger partial charge >= 0.3 is 17.6 Å². The van der Waals surface area contributed by atoms with Gasteiger partial charge in [-0.3, -0.25) is 0 Å². The Morgan fingerprint density at radius 1 is 0.538 bits per heavy atom. The topological polar surface area (TPSA) is 80.4 Å². The Morgan fingerprint density at radius 3 is 1.31 bits per heavy atom. The van der Waals surface area contributed by atoms with Crippen molar-refractivity contribution in [1.82, 2.24) is 0 Å². The van der Waals surface area contributed by atoms with Gasteiger partial charge in [0.05, 0.1) is 24.4 Å². The average molecular weight is 591 g/mol. The fourth-order valence-corrected chi connectivity index (χ4v) is 11.1. The minimum Gasteiger partial charge on any atom is -0.377 e. The van der Waals surface area contributed by atoms with Gasteiger partial charge in [0, 0.05) is 53.2 Å².